The summed E-state index contributed by atoms with van der Waals surface area (Å²) in [5.74, 6) is 0. The van der Waals surface area contributed by atoms with Gasteiger partial charge in [0.2, 0.25) is 0 Å². The Labute approximate surface area is 107 Å². The van der Waals surface area contributed by atoms with Crippen LogP contribution in [-0.2, 0) is 0 Å². The van der Waals surface area contributed by atoms with Crippen LogP contribution in [0, 0.1) is 13.8 Å². The molecule has 1 aromatic heterocycles. The summed E-state index contributed by atoms with van der Waals surface area (Å²) in [6.45, 7) is 4.26. The minimum atomic E-state index is 1.11. The molecule has 3 aromatic rings. The number of aryl methyl sites for hydroxylation is 2. The van der Waals surface area contributed by atoms with Crippen LogP contribution in [-0.4, -0.2) is 4.98 Å². The van der Waals surface area contributed by atoms with Gasteiger partial charge in [0, 0.05) is 17.1 Å². The Morgan fingerprint density at radius 3 is 2.39 bits per heavy atom. The van der Waals surface area contributed by atoms with Gasteiger partial charge in [-0.1, -0.05) is 42.5 Å². The average molecular weight is 233 g/mol. The lowest BCUT2D eigenvalue weighted by atomic mass is 10.0. The summed E-state index contributed by atoms with van der Waals surface area (Å²) in [5, 5.41) is 1.21. The van der Waals surface area contributed by atoms with E-state index in [1.165, 1.54) is 27.6 Å². The van der Waals surface area contributed by atoms with E-state index in [0.29, 0.717) is 0 Å². The predicted octanol–water partition coefficient (Wildman–Crippen LogP) is 4.52. The second-order valence-corrected chi connectivity index (χ2v) is 4.67. The minimum Gasteiger partial charge on any atom is -0.255 e. The molecule has 1 heterocycles. The average Bonchev–Trinajstić information content (AvgIpc) is 2.44. The van der Waals surface area contributed by atoms with Crippen molar-refractivity contribution in [3.05, 3.63) is 65.9 Å². The number of nitrogens with zero attached hydrogens (tertiary/aromatic N) is 1. The van der Waals surface area contributed by atoms with Crippen molar-refractivity contribution in [2.75, 3.05) is 0 Å². The molecule has 0 saturated carbocycles. The SMILES string of the molecule is Cc1ccc2cc(-c3ccccc3)cnc2c1C. The summed E-state index contributed by atoms with van der Waals surface area (Å²) in [6.07, 6.45) is 1.96. The quantitative estimate of drug-likeness (QED) is 0.602. The summed E-state index contributed by atoms with van der Waals surface area (Å²) in [5.41, 5.74) is 6.06. The molecule has 0 fully saturated rings. The topological polar surface area (TPSA) is 12.9 Å². The van der Waals surface area contributed by atoms with Crippen molar-refractivity contribution in [2.45, 2.75) is 13.8 Å². The number of aromatic nitrogens is 1. The fourth-order valence-corrected chi connectivity index (χ4v) is 2.24. The van der Waals surface area contributed by atoms with Crippen molar-refractivity contribution in [1.29, 1.82) is 0 Å². The minimum absolute atomic E-state index is 1.11. The van der Waals surface area contributed by atoms with Crippen LogP contribution in [0.4, 0.5) is 0 Å². The number of fused-ring (bicyclic) bond motifs is 1. The van der Waals surface area contributed by atoms with Crippen LogP contribution in [0.2, 0.25) is 0 Å². The highest BCUT2D eigenvalue weighted by atomic mass is 14.7. The molecule has 0 aliphatic heterocycles. The molecule has 0 saturated heterocycles. The second kappa shape index (κ2) is 4.26. The molecule has 0 spiro atoms. The van der Waals surface area contributed by atoms with Crippen molar-refractivity contribution in [3.8, 4) is 11.1 Å². The Hall–Kier alpha value is -2.15. The first-order valence-electron chi connectivity index (χ1n) is 6.17. The van der Waals surface area contributed by atoms with Crippen LogP contribution in [0.5, 0.6) is 0 Å². The van der Waals surface area contributed by atoms with Gasteiger partial charge in [-0.2, -0.15) is 0 Å². The number of rotatable bonds is 1. The van der Waals surface area contributed by atoms with E-state index in [9.17, 15) is 0 Å². The maximum absolute atomic E-state index is 4.62. The summed E-state index contributed by atoms with van der Waals surface area (Å²) in [7, 11) is 0. The highest BCUT2D eigenvalue weighted by Crippen LogP contribution is 2.25. The maximum atomic E-state index is 4.62. The van der Waals surface area contributed by atoms with Crippen LogP contribution in [0.1, 0.15) is 11.1 Å². The molecule has 0 aliphatic carbocycles. The first-order valence-corrected chi connectivity index (χ1v) is 6.17. The molecule has 0 bridgehead atoms. The Morgan fingerprint density at radius 1 is 0.833 bits per heavy atom. The largest absolute Gasteiger partial charge is 0.255 e. The first kappa shape index (κ1) is 11.0. The van der Waals surface area contributed by atoms with E-state index in [1.54, 1.807) is 0 Å². The summed E-state index contributed by atoms with van der Waals surface area (Å²) in [4.78, 5) is 4.62. The van der Waals surface area contributed by atoms with E-state index < -0.39 is 0 Å². The molecule has 3 rings (SSSR count). The van der Waals surface area contributed by atoms with Crippen LogP contribution in [0.3, 0.4) is 0 Å². The van der Waals surface area contributed by atoms with Crippen LogP contribution in [0.25, 0.3) is 22.0 Å². The van der Waals surface area contributed by atoms with Gasteiger partial charge in [-0.15, -0.1) is 0 Å². The van der Waals surface area contributed by atoms with Crippen LogP contribution < -0.4 is 0 Å². The van der Waals surface area contributed by atoms with Gasteiger partial charge >= 0.3 is 0 Å². The number of hydrogen-bond acceptors (Lipinski definition) is 1. The molecule has 2 aromatic carbocycles. The van der Waals surface area contributed by atoms with E-state index in [2.05, 4.69) is 61.3 Å². The second-order valence-electron chi connectivity index (χ2n) is 4.67. The molecule has 18 heavy (non-hydrogen) atoms. The summed E-state index contributed by atoms with van der Waals surface area (Å²) in [6, 6.07) is 16.9. The first-order chi connectivity index (χ1) is 8.75. The molecule has 0 unspecified atom stereocenters. The molecular weight excluding hydrogens is 218 g/mol. The van der Waals surface area contributed by atoms with E-state index in [-0.39, 0.29) is 0 Å². The van der Waals surface area contributed by atoms with Crippen molar-refractivity contribution in [2.24, 2.45) is 0 Å². The third kappa shape index (κ3) is 1.78. The standard InChI is InChI=1S/C17H15N/c1-12-8-9-15-10-16(11-18-17(15)13(12)2)14-6-4-3-5-7-14/h3-11H,1-2H3. The van der Waals surface area contributed by atoms with Gasteiger partial charge in [-0.05, 0) is 36.6 Å². The molecule has 0 amide bonds. The third-order valence-corrected chi connectivity index (χ3v) is 3.48. The summed E-state index contributed by atoms with van der Waals surface area (Å²) >= 11 is 0. The normalized spacial score (nSPS) is 10.8. The van der Waals surface area contributed by atoms with Gasteiger partial charge in [0.05, 0.1) is 5.52 Å². The van der Waals surface area contributed by atoms with Gasteiger partial charge < -0.3 is 0 Å². The fourth-order valence-electron chi connectivity index (χ4n) is 2.24. The Kier molecular flexibility index (Phi) is 2.60. The zero-order valence-electron chi connectivity index (χ0n) is 10.6. The van der Waals surface area contributed by atoms with E-state index in [4.69, 9.17) is 0 Å². The number of hydrogen-bond donors (Lipinski definition) is 0. The van der Waals surface area contributed by atoms with Gasteiger partial charge in [-0.25, -0.2) is 0 Å². The van der Waals surface area contributed by atoms with Gasteiger partial charge in [0.25, 0.3) is 0 Å². The summed E-state index contributed by atoms with van der Waals surface area (Å²) < 4.78 is 0. The lowest BCUT2D eigenvalue weighted by Crippen LogP contribution is -1.88. The van der Waals surface area contributed by atoms with Gasteiger partial charge in [0.15, 0.2) is 0 Å². The molecular formula is C17H15N. The fraction of sp³-hybridized carbons (Fsp3) is 0.118. The van der Waals surface area contributed by atoms with E-state index >= 15 is 0 Å². The van der Waals surface area contributed by atoms with Crippen molar-refractivity contribution in [1.82, 2.24) is 4.98 Å². The van der Waals surface area contributed by atoms with Crippen LogP contribution >= 0.6 is 0 Å². The van der Waals surface area contributed by atoms with E-state index in [1.807, 2.05) is 12.3 Å². The monoisotopic (exact) mass is 233 g/mol. The third-order valence-electron chi connectivity index (χ3n) is 3.48. The molecule has 1 nitrogen and oxygen atoms in total. The Morgan fingerprint density at radius 2 is 1.61 bits per heavy atom. The lowest BCUT2D eigenvalue weighted by Gasteiger charge is -2.07. The smallest absolute Gasteiger partial charge is 0.0734 e. The molecule has 0 atom stereocenters. The molecule has 0 N–H and O–H groups in total. The Bertz CT molecular complexity index is 699. The molecule has 0 aliphatic rings. The highest BCUT2D eigenvalue weighted by Gasteiger charge is 2.04. The van der Waals surface area contributed by atoms with E-state index in [0.717, 1.165) is 5.52 Å². The molecule has 88 valence electrons. The Balaban J connectivity index is 2.21. The van der Waals surface area contributed by atoms with Crippen molar-refractivity contribution >= 4 is 10.9 Å². The zero-order chi connectivity index (χ0) is 12.5. The van der Waals surface area contributed by atoms with Gasteiger partial charge in [-0.3, -0.25) is 4.98 Å². The number of benzene rings is 2. The maximum Gasteiger partial charge on any atom is 0.0734 e. The van der Waals surface area contributed by atoms with Crippen molar-refractivity contribution < 1.29 is 0 Å². The predicted molar refractivity (Wildman–Crippen MR) is 76.7 cm³/mol. The zero-order valence-corrected chi connectivity index (χ0v) is 10.6. The lowest BCUT2D eigenvalue weighted by molar-refractivity contribution is 1.31. The van der Waals surface area contributed by atoms with Gasteiger partial charge in [0.1, 0.15) is 0 Å². The highest BCUT2D eigenvalue weighted by molar-refractivity contribution is 5.86. The van der Waals surface area contributed by atoms with Crippen molar-refractivity contribution in [3.63, 3.8) is 0 Å². The molecule has 0 radical (unpaired) electrons. The van der Waals surface area contributed by atoms with Crippen LogP contribution in [0.15, 0.2) is 54.7 Å². The number of pyridine rings is 1. The molecule has 1 heteroatoms.